The second-order valence-corrected chi connectivity index (χ2v) is 8.83. The van der Waals surface area contributed by atoms with E-state index in [4.69, 9.17) is 4.74 Å². The van der Waals surface area contributed by atoms with Crippen LogP contribution in [-0.4, -0.2) is 28.9 Å². The number of benzene rings is 4. The number of amides is 2. The van der Waals surface area contributed by atoms with Gasteiger partial charge in [-0.3, -0.25) is 19.7 Å². The molecule has 0 saturated heterocycles. The molecule has 4 aromatic carbocycles. The minimum absolute atomic E-state index is 0.0313. The van der Waals surface area contributed by atoms with Crippen molar-refractivity contribution in [2.24, 2.45) is 5.10 Å². The minimum Gasteiger partial charge on any atom is -0.422 e. The fourth-order valence-corrected chi connectivity index (χ4v) is 3.61. The molecule has 4 rings (SSSR count). The quantitative estimate of drug-likeness (QED) is 0.101. The van der Waals surface area contributed by atoms with Crippen molar-refractivity contribution in [1.82, 2.24) is 5.43 Å². The molecule has 2 amide bonds. The van der Waals surface area contributed by atoms with E-state index in [2.05, 4.69) is 15.8 Å². The number of esters is 1. The van der Waals surface area contributed by atoms with E-state index in [0.717, 1.165) is 17.3 Å². The molecule has 0 aliphatic rings. The zero-order chi connectivity index (χ0) is 28.6. The molecule has 0 fully saturated rings. The van der Waals surface area contributed by atoms with Crippen molar-refractivity contribution in [3.8, 4) is 5.75 Å². The average molecular weight is 537 g/mol. The lowest BCUT2D eigenvalue weighted by Gasteiger charge is -2.08. The normalized spacial score (nSPS) is 10.7. The molecule has 4 aromatic rings. The number of carbonyl (C=O) groups is 3. The first kappa shape index (κ1) is 27.4. The Morgan fingerprint density at radius 3 is 2.15 bits per heavy atom. The number of nitrogens with one attached hydrogen (secondary N) is 2. The molecular weight excluding hydrogens is 512 g/mol. The van der Waals surface area contributed by atoms with E-state index in [1.54, 1.807) is 42.5 Å². The molecule has 200 valence electrons. The molecule has 10 heteroatoms. The van der Waals surface area contributed by atoms with Crippen molar-refractivity contribution in [3.05, 3.63) is 134 Å². The summed E-state index contributed by atoms with van der Waals surface area (Å²) in [6.45, 7) is 3.76. The van der Waals surface area contributed by atoms with Gasteiger partial charge in [-0.25, -0.2) is 10.2 Å². The van der Waals surface area contributed by atoms with Crippen molar-refractivity contribution in [1.29, 1.82) is 0 Å². The van der Waals surface area contributed by atoms with E-state index in [0.29, 0.717) is 16.8 Å². The van der Waals surface area contributed by atoms with Crippen LogP contribution >= 0.6 is 0 Å². The Balaban J connectivity index is 1.43. The van der Waals surface area contributed by atoms with Gasteiger partial charge in [0.15, 0.2) is 0 Å². The van der Waals surface area contributed by atoms with Crippen LogP contribution in [0.2, 0.25) is 0 Å². The van der Waals surface area contributed by atoms with Crippen molar-refractivity contribution >= 4 is 35.4 Å². The van der Waals surface area contributed by atoms with Crippen LogP contribution in [0, 0.1) is 24.0 Å². The Morgan fingerprint density at radius 2 is 1.48 bits per heavy atom. The van der Waals surface area contributed by atoms with Gasteiger partial charge < -0.3 is 10.1 Å². The van der Waals surface area contributed by atoms with E-state index < -0.39 is 16.8 Å². The number of aryl methyl sites for hydroxylation is 2. The first-order valence-electron chi connectivity index (χ1n) is 12.1. The molecule has 2 N–H and O–H groups in total. The van der Waals surface area contributed by atoms with Crippen LogP contribution < -0.4 is 15.5 Å². The second-order valence-electron chi connectivity index (χ2n) is 8.83. The zero-order valence-electron chi connectivity index (χ0n) is 21.6. The van der Waals surface area contributed by atoms with Gasteiger partial charge >= 0.3 is 5.97 Å². The number of hydrazone groups is 1. The Hall–Kier alpha value is -5.64. The predicted molar refractivity (Wildman–Crippen MR) is 150 cm³/mol. The highest BCUT2D eigenvalue weighted by molar-refractivity contribution is 6.04. The van der Waals surface area contributed by atoms with E-state index in [-0.39, 0.29) is 28.5 Å². The summed E-state index contributed by atoms with van der Waals surface area (Å²) in [5, 5.41) is 17.9. The fraction of sp³-hybridized carbons (Fsp3) is 0.0667. The number of non-ortho nitro benzene ring substituents is 1. The Labute approximate surface area is 229 Å². The van der Waals surface area contributed by atoms with Gasteiger partial charge in [0.2, 0.25) is 0 Å². The number of ether oxygens (including phenoxy) is 1. The van der Waals surface area contributed by atoms with E-state index in [1.165, 1.54) is 30.3 Å². The molecule has 0 aliphatic heterocycles. The van der Waals surface area contributed by atoms with E-state index in [9.17, 15) is 24.5 Å². The lowest BCUT2D eigenvalue weighted by Crippen LogP contribution is -2.18. The smallest absolute Gasteiger partial charge is 0.343 e. The Morgan fingerprint density at radius 1 is 0.800 bits per heavy atom. The number of nitrogens with zero attached hydrogens (tertiary/aromatic N) is 2. The standard InChI is InChI=1S/C30H24N4O6/c1-19-6-8-21(9-7-19)28(35)32-25-12-10-22(11-13-25)29(36)33-31-18-24-17-26(34(38)39)14-15-27(24)40-30(37)23-5-3-4-20(2)16-23/h3-18H,1-2H3,(H,32,35)(H,33,36)/b31-18+. The molecule has 0 heterocycles. The highest BCUT2D eigenvalue weighted by Crippen LogP contribution is 2.24. The first-order valence-corrected chi connectivity index (χ1v) is 12.1. The molecule has 10 nitrogen and oxygen atoms in total. The summed E-state index contributed by atoms with van der Waals surface area (Å²) in [6.07, 6.45) is 1.15. The number of hydrogen-bond donors (Lipinski definition) is 2. The van der Waals surface area contributed by atoms with Crippen LogP contribution in [-0.2, 0) is 0 Å². The van der Waals surface area contributed by atoms with Crippen molar-refractivity contribution in [2.75, 3.05) is 5.32 Å². The molecule has 0 atom stereocenters. The maximum absolute atomic E-state index is 12.6. The molecule has 0 spiro atoms. The first-order chi connectivity index (χ1) is 19.2. The summed E-state index contributed by atoms with van der Waals surface area (Å²) in [4.78, 5) is 48.2. The lowest BCUT2D eigenvalue weighted by molar-refractivity contribution is -0.384. The van der Waals surface area contributed by atoms with Gasteiger partial charge in [0.25, 0.3) is 17.5 Å². The number of carbonyl (C=O) groups excluding carboxylic acids is 3. The molecular formula is C30H24N4O6. The molecule has 0 bridgehead atoms. The zero-order valence-corrected chi connectivity index (χ0v) is 21.6. The highest BCUT2D eigenvalue weighted by Gasteiger charge is 2.15. The largest absolute Gasteiger partial charge is 0.422 e. The van der Waals surface area contributed by atoms with Crippen LogP contribution in [0.25, 0.3) is 0 Å². The second kappa shape index (κ2) is 12.3. The Kier molecular flexibility index (Phi) is 8.40. The topological polar surface area (TPSA) is 140 Å². The lowest BCUT2D eigenvalue weighted by atomic mass is 10.1. The maximum Gasteiger partial charge on any atom is 0.343 e. The van der Waals surface area contributed by atoms with Crippen molar-refractivity contribution in [2.45, 2.75) is 13.8 Å². The molecule has 0 aromatic heterocycles. The Bertz CT molecular complexity index is 1610. The third-order valence-electron chi connectivity index (χ3n) is 5.75. The summed E-state index contributed by atoms with van der Waals surface area (Å²) < 4.78 is 5.45. The molecule has 0 aliphatic carbocycles. The van der Waals surface area contributed by atoms with E-state index >= 15 is 0 Å². The number of anilines is 1. The number of rotatable bonds is 8. The predicted octanol–water partition coefficient (Wildman–Crippen LogP) is 5.45. The van der Waals surface area contributed by atoms with E-state index in [1.807, 2.05) is 32.0 Å². The van der Waals surface area contributed by atoms with Gasteiger partial charge in [-0.2, -0.15) is 5.10 Å². The molecule has 0 unspecified atom stereocenters. The van der Waals surface area contributed by atoms with Gasteiger partial charge in [-0.05, 0) is 68.4 Å². The highest BCUT2D eigenvalue weighted by atomic mass is 16.6. The third-order valence-corrected chi connectivity index (χ3v) is 5.75. The minimum atomic E-state index is -0.647. The van der Waals surface area contributed by atoms with Gasteiger partial charge in [-0.1, -0.05) is 35.4 Å². The van der Waals surface area contributed by atoms with Crippen LogP contribution in [0.1, 0.15) is 47.8 Å². The van der Waals surface area contributed by atoms with Crippen molar-refractivity contribution < 1.29 is 24.0 Å². The summed E-state index contributed by atoms with van der Waals surface area (Å²) in [7, 11) is 0. The fourth-order valence-electron chi connectivity index (χ4n) is 3.61. The molecule has 0 radical (unpaired) electrons. The number of nitro benzene ring substituents is 1. The van der Waals surface area contributed by atoms with Gasteiger partial charge in [0, 0.05) is 34.5 Å². The van der Waals surface area contributed by atoms with Crippen LogP contribution in [0.4, 0.5) is 11.4 Å². The van der Waals surface area contributed by atoms with Crippen LogP contribution in [0.3, 0.4) is 0 Å². The molecule has 40 heavy (non-hydrogen) atoms. The average Bonchev–Trinajstić information content (AvgIpc) is 2.94. The molecule has 0 saturated carbocycles. The van der Waals surface area contributed by atoms with Gasteiger partial charge in [0.1, 0.15) is 5.75 Å². The third kappa shape index (κ3) is 7.01. The number of hydrogen-bond acceptors (Lipinski definition) is 7. The summed E-state index contributed by atoms with van der Waals surface area (Å²) in [6, 6.07) is 23.8. The van der Waals surface area contributed by atoms with Gasteiger partial charge in [0.05, 0.1) is 16.7 Å². The summed E-state index contributed by atoms with van der Waals surface area (Å²) in [5.74, 6) is -1.45. The van der Waals surface area contributed by atoms with Crippen molar-refractivity contribution in [3.63, 3.8) is 0 Å². The monoisotopic (exact) mass is 536 g/mol. The van der Waals surface area contributed by atoms with Crippen LogP contribution in [0.15, 0.2) is 96.1 Å². The summed E-state index contributed by atoms with van der Waals surface area (Å²) >= 11 is 0. The van der Waals surface area contributed by atoms with Gasteiger partial charge in [-0.15, -0.1) is 0 Å². The number of nitro groups is 1. The summed E-state index contributed by atoms with van der Waals surface area (Å²) in [5.41, 5.74) is 5.70. The maximum atomic E-state index is 12.6. The SMILES string of the molecule is Cc1ccc(C(=O)Nc2ccc(C(=O)N/N=C/c3cc([N+](=O)[O-])ccc3OC(=O)c3cccc(C)c3)cc2)cc1. The van der Waals surface area contributed by atoms with Crippen LogP contribution in [0.5, 0.6) is 5.75 Å².